The Hall–Kier alpha value is -1.97. The molecule has 1 aliphatic carbocycles. The van der Waals surface area contributed by atoms with Crippen molar-refractivity contribution in [3.8, 4) is 5.75 Å². The van der Waals surface area contributed by atoms with Crippen molar-refractivity contribution in [1.82, 2.24) is 9.03 Å². The van der Waals surface area contributed by atoms with Gasteiger partial charge in [0, 0.05) is 24.6 Å². The number of morpholine rings is 1. The number of allylic oxidation sites excluding steroid dienone is 1. The highest BCUT2D eigenvalue weighted by atomic mass is 32.2. The summed E-state index contributed by atoms with van der Waals surface area (Å²) in [5.74, 6) is -1.18. The summed E-state index contributed by atoms with van der Waals surface area (Å²) in [6.45, 7) is 9.26. The lowest BCUT2D eigenvalue weighted by Gasteiger charge is -2.31. The van der Waals surface area contributed by atoms with Crippen LogP contribution in [0.15, 0.2) is 24.8 Å². The number of nitrogens with zero attached hydrogens (tertiary/aromatic N) is 1. The zero-order valence-electron chi connectivity index (χ0n) is 18.9. The number of amides is 1. The molecule has 32 heavy (non-hydrogen) atoms. The Kier molecular flexibility index (Phi) is 7.95. The Bertz CT molecular complexity index is 936. The normalized spacial score (nSPS) is 17.7. The minimum atomic E-state index is -4.07. The number of rotatable bonds is 11. The van der Waals surface area contributed by atoms with Crippen LogP contribution in [0, 0.1) is 11.2 Å². The summed E-state index contributed by atoms with van der Waals surface area (Å²) in [7, 11) is -4.07. The summed E-state index contributed by atoms with van der Waals surface area (Å²) in [4.78, 5) is 12.7. The van der Waals surface area contributed by atoms with E-state index in [2.05, 4.69) is 20.4 Å². The van der Waals surface area contributed by atoms with E-state index in [0.717, 1.165) is 42.0 Å². The zero-order chi connectivity index (χ0) is 23.4. The summed E-state index contributed by atoms with van der Waals surface area (Å²) in [6.07, 6.45) is 6.32. The Morgan fingerprint density at radius 3 is 2.53 bits per heavy atom. The number of carbonyl (C=O) groups excluding carboxylic acids is 1. The zero-order valence-corrected chi connectivity index (χ0v) is 19.7. The highest BCUT2D eigenvalue weighted by Crippen LogP contribution is 2.45. The van der Waals surface area contributed by atoms with E-state index in [-0.39, 0.29) is 43.2 Å². The van der Waals surface area contributed by atoms with E-state index in [1.165, 1.54) is 12.1 Å². The molecule has 1 aliphatic heterocycles. The molecule has 0 bridgehead atoms. The van der Waals surface area contributed by atoms with Crippen molar-refractivity contribution in [3.63, 3.8) is 0 Å². The van der Waals surface area contributed by atoms with Gasteiger partial charge in [0.2, 0.25) is 0 Å². The first-order valence-electron chi connectivity index (χ1n) is 11.2. The third kappa shape index (κ3) is 5.68. The van der Waals surface area contributed by atoms with Crippen molar-refractivity contribution in [3.05, 3.63) is 41.7 Å². The third-order valence-electron chi connectivity index (χ3n) is 6.50. The summed E-state index contributed by atoms with van der Waals surface area (Å²) in [5.41, 5.74) is 0.376. The van der Waals surface area contributed by atoms with E-state index in [0.29, 0.717) is 12.4 Å². The molecule has 1 amide bonds. The maximum Gasteiger partial charge on any atom is 0.304 e. The second-order valence-electron chi connectivity index (χ2n) is 8.58. The van der Waals surface area contributed by atoms with Crippen molar-refractivity contribution in [2.24, 2.45) is 5.41 Å². The number of carbonyl (C=O) groups is 1. The first kappa shape index (κ1) is 24.7. The molecule has 1 saturated heterocycles. The topological polar surface area (TPSA) is 84.9 Å². The predicted molar refractivity (Wildman–Crippen MR) is 120 cm³/mol. The Balaban J connectivity index is 1.81. The van der Waals surface area contributed by atoms with E-state index in [1.54, 1.807) is 0 Å². The number of hydrogen-bond donors (Lipinski definition) is 1. The molecule has 3 rings (SSSR count). The molecule has 1 N–H and O–H groups in total. The number of ether oxygens (including phenoxy) is 2. The molecule has 2 aliphatic rings. The lowest BCUT2D eigenvalue weighted by Crippen LogP contribution is -2.48. The van der Waals surface area contributed by atoms with Crippen LogP contribution in [0.25, 0.3) is 0 Å². The molecule has 1 heterocycles. The van der Waals surface area contributed by atoms with E-state index >= 15 is 0 Å². The lowest BCUT2D eigenvalue weighted by atomic mass is 9.80. The van der Waals surface area contributed by atoms with E-state index in [9.17, 15) is 17.6 Å². The van der Waals surface area contributed by atoms with Crippen LogP contribution in [0.4, 0.5) is 4.39 Å². The first-order valence-corrected chi connectivity index (χ1v) is 12.7. The molecule has 178 valence electrons. The maximum absolute atomic E-state index is 14.9. The van der Waals surface area contributed by atoms with Crippen molar-refractivity contribution in [2.75, 3.05) is 32.9 Å². The molecule has 0 atom stereocenters. The SMILES string of the molecule is C=CCC(CC)(CC)COc1cc(F)c(C(=O)NS(=O)(=O)N2CCOCC2)cc1C1CC1. The molecule has 0 radical (unpaired) electrons. The van der Waals surface area contributed by atoms with E-state index in [1.807, 2.05) is 10.8 Å². The number of halogens is 1. The van der Waals surface area contributed by atoms with Crippen LogP contribution in [0.2, 0.25) is 0 Å². The standard InChI is InChI=1S/C23H33FN2O5S/c1-4-9-23(5-2,6-3)16-31-21-15-20(24)19(14-18(21)17-7-8-17)22(27)25-32(28,29)26-10-12-30-13-11-26/h4,14-15,17H,1,5-13,16H2,2-3H3,(H,25,27). The molecule has 1 saturated carbocycles. The third-order valence-corrected chi connectivity index (χ3v) is 7.99. The number of nitrogens with one attached hydrogen (secondary N) is 1. The molecular weight excluding hydrogens is 435 g/mol. The van der Waals surface area contributed by atoms with Gasteiger partial charge in [0.15, 0.2) is 0 Å². The molecule has 0 unspecified atom stereocenters. The largest absolute Gasteiger partial charge is 0.493 e. The van der Waals surface area contributed by atoms with Crippen LogP contribution in [-0.4, -0.2) is 51.5 Å². The molecular formula is C23H33FN2O5S. The monoisotopic (exact) mass is 468 g/mol. The number of hydrogen-bond acceptors (Lipinski definition) is 5. The van der Waals surface area contributed by atoms with Crippen molar-refractivity contribution < 1.29 is 27.1 Å². The number of benzene rings is 1. The predicted octanol–water partition coefficient (Wildman–Crippen LogP) is 3.77. The van der Waals surface area contributed by atoms with Gasteiger partial charge in [-0.2, -0.15) is 12.7 Å². The van der Waals surface area contributed by atoms with Gasteiger partial charge >= 0.3 is 10.2 Å². The average molecular weight is 469 g/mol. The molecule has 2 fully saturated rings. The maximum atomic E-state index is 14.9. The van der Waals surface area contributed by atoms with Gasteiger partial charge in [-0.1, -0.05) is 19.9 Å². The van der Waals surface area contributed by atoms with Crippen LogP contribution < -0.4 is 9.46 Å². The average Bonchev–Trinajstić information content (AvgIpc) is 3.62. The Morgan fingerprint density at radius 2 is 1.97 bits per heavy atom. The second kappa shape index (κ2) is 10.3. The van der Waals surface area contributed by atoms with E-state index in [4.69, 9.17) is 9.47 Å². The fourth-order valence-corrected chi connectivity index (χ4v) is 5.05. The Labute approximate surface area is 190 Å². The molecule has 0 spiro atoms. The summed E-state index contributed by atoms with van der Waals surface area (Å²) >= 11 is 0. The summed E-state index contributed by atoms with van der Waals surface area (Å²) in [5, 5.41) is 0. The molecule has 0 aromatic heterocycles. The van der Waals surface area contributed by atoms with Crippen LogP contribution in [0.5, 0.6) is 5.75 Å². The fourth-order valence-electron chi connectivity index (χ4n) is 3.95. The summed E-state index contributed by atoms with van der Waals surface area (Å²) < 4.78 is 54.3. The first-order chi connectivity index (χ1) is 15.2. The van der Waals surface area contributed by atoms with Crippen LogP contribution in [0.3, 0.4) is 0 Å². The minimum absolute atomic E-state index is 0.0820. The Morgan fingerprint density at radius 1 is 1.31 bits per heavy atom. The smallest absolute Gasteiger partial charge is 0.304 e. The van der Waals surface area contributed by atoms with Gasteiger partial charge in [0.1, 0.15) is 11.6 Å². The highest BCUT2D eigenvalue weighted by Gasteiger charge is 2.33. The van der Waals surface area contributed by atoms with Gasteiger partial charge < -0.3 is 9.47 Å². The van der Waals surface area contributed by atoms with Gasteiger partial charge in [0.25, 0.3) is 5.91 Å². The van der Waals surface area contributed by atoms with Crippen molar-refractivity contribution in [1.29, 1.82) is 0 Å². The van der Waals surface area contributed by atoms with Crippen LogP contribution in [0.1, 0.15) is 67.8 Å². The van der Waals surface area contributed by atoms with Crippen LogP contribution in [-0.2, 0) is 14.9 Å². The highest BCUT2D eigenvalue weighted by molar-refractivity contribution is 7.87. The van der Waals surface area contributed by atoms with Crippen molar-refractivity contribution in [2.45, 2.75) is 51.9 Å². The summed E-state index contributed by atoms with van der Waals surface area (Å²) in [6, 6.07) is 2.66. The van der Waals surface area contributed by atoms with Gasteiger partial charge in [-0.25, -0.2) is 9.11 Å². The minimum Gasteiger partial charge on any atom is -0.493 e. The van der Waals surface area contributed by atoms with Crippen molar-refractivity contribution >= 4 is 16.1 Å². The van der Waals surface area contributed by atoms with Gasteiger partial charge in [-0.3, -0.25) is 4.79 Å². The van der Waals surface area contributed by atoms with Gasteiger partial charge in [0.05, 0.1) is 25.4 Å². The quantitative estimate of drug-likeness (QED) is 0.500. The molecule has 7 nitrogen and oxygen atoms in total. The second-order valence-corrected chi connectivity index (χ2v) is 10.3. The lowest BCUT2D eigenvalue weighted by molar-refractivity contribution is 0.0718. The molecule has 1 aromatic carbocycles. The molecule has 9 heteroatoms. The van der Waals surface area contributed by atoms with E-state index < -0.39 is 21.9 Å². The van der Waals surface area contributed by atoms with Gasteiger partial charge in [-0.15, -0.1) is 6.58 Å². The fraction of sp³-hybridized carbons (Fsp3) is 0.609. The van der Waals surface area contributed by atoms with Crippen LogP contribution >= 0.6 is 0 Å². The van der Waals surface area contributed by atoms with Gasteiger partial charge in [-0.05, 0) is 49.7 Å². The molecule has 1 aromatic rings.